The summed E-state index contributed by atoms with van der Waals surface area (Å²) in [6, 6.07) is 14.5. The minimum Gasteiger partial charge on any atom is -0.356 e. The van der Waals surface area contributed by atoms with E-state index in [0.717, 1.165) is 11.3 Å². The van der Waals surface area contributed by atoms with Crippen molar-refractivity contribution >= 4 is 23.4 Å². The Kier molecular flexibility index (Phi) is 4.74. The molecule has 3 amide bonds. The number of anilines is 1. The molecule has 5 rings (SSSR count). The SMILES string of the molecule is O=C(CCN1C(=O)c2ccccc2N2C(=O)c3ccccc3C12)NCCc1cnc[nH]1. The molecule has 0 aliphatic carbocycles. The lowest BCUT2D eigenvalue weighted by atomic mass is 10.0. The molecule has 1 aromatic heterocycles. The fourth-order valence-electron chi connectivity index (χ4n) is 4.27. The predicted octanol–water partition coefficient (Wildman–Crippen LogP) is 2.27. The quantitative estimate of drug-likeness (QED) is 0.645. The highest BCUT2D eigenvalue weighted by Gasteiger charge is 2.47. The molecule has 3 aromatic rings. The molecule has 2 aromatic carbocycles. The molecule has 0 spiro atoms. The fraction of sp³-hybridized carbons (Fsp3) is 0.217. The number of amides is 3. The number of imidazole rings is 1. The average Bonchev–Trinajstić information content (AvgIpc) is 3.41. The monoisotopic (exact) mass is 415 g/mol. The third-order valence-corrected chi connectivity index (χ3v) is 5.73. The van der Waals surface area contributed by atoms with E-state index in [1.54, 1.807) is 46.6 Å². The van der Waals surface area contributed by atoms with Crippen molar-refractivity contribution in [1.82, 2.24) is 20.2 Å². The Morgan fingerprint density at radius 1 is 1.03 bits per heavy atom. The third kappa shape index (κ3) is 3.26. The number of carbonyl (C=O) groups excluding carboxylic acids is 3. The molecule has 2 aliphatic rings. The minimum absolute atomic E-state index is 0.130. The zero-order valence-corrected chi connectivity index (χ0v) is 16.7. The van der Waals surface area contributed by atoms with Crippen LogP contribution in [-0.4, -0.2) is 45.7 Å². The lowest BCUT2D eigenvalue weighted by molar-refractivity contribution is -0.121. The summed E-state index contributed by atoms with van der Waals surface area (Å²) < 4.78 is 0. The molecule has 31 heavy (non-hydrogen) atoms. The number of hydrogen-bond donors (Lipinski definition) is 2. The number of nitrogens with zero attached hydrogens (tertiary/aromatic N) is 3. The zero-order chi connectivity index (χ0) is 21.4. The van der Waals surface area contributed by atoms with Gasteiger partial charge in [-0.05, 0) is 18.2 Å². The van der Waals surface area contributed by atoms with E-state index in [-0.39, 0.29) is 30.7 Å². The van der Waals surface area contributed by atoms with Gasteiger partial charge in [-0.3, -0.25) is 19.3 Å². The second kappa shape index (κ2) is 7.71. The summed E-state index contributed by atoms with van der Waals surface area (Å²) >= 11 is 0. The van der Waals surface area contributed by atoms with Crippen molar-refractivity contribution in [1.29, 1.82) is 0 Å². The molecule has 0 saturated heterocycles. The Morgan fingerprint density at radius 3 is 2.61 bits per heavy atom. The topological polar surface area (TPSA) is 98.4 Å². The minimum atomic E-state index is -0.538. The lowest BCUT2D eigenvalue weighted by Crippen LogP contribution is -2.49. The van der Waals surface area contributed by atoms with Crippen LogP contribution in [0.2, 0.25) is 0 Å². The van der Waals surface area contributed by atoms with Crippen molar-refractivity contribution in [2.45, 2.75) is 19.0 Å². The van der Waals surface area contributed by atoms with Gasteiger partial charge in [-0.1, -0.05) is 30.3 Å². The van der Waals surface area contributed by atoms with E-state index in [2.05, 4.69) is 15.3 Å². The van der Waals surface area contributed by atoms with Crippen molar-refractivity contribution in [2.75, 3.05) is 18.0 Å². The van der Waals surface area contributed by atoms with Crippen molar-refractivity contribution in [3.8, 4) is 0 Å². The number of nitrogens with one attached hydrogen (secondary N) is 2. The third-order valence-electron chi connectivity index (χ3n) is 5.73. The maximum Gasteiger partial charge on any atom is 0.260 e. The van der Waals surface area contributed by atoms with Crippen LogP contribution < -0.4 is 10.2 Å². The summed E-state index contributed by atoms with van der Waals surface area (Å²) in [5, 5.41) is 2.88. The Labute approximate surface area is 178 Å². The molecule has 1 unspecified atom stereocenters. The fourth-order valence-corrected chi connectivity index (χ4v) is 4.27. The molecule has 8 heteroatoms. The number of fused-ring (bicyclic) bond motifs is 5. The number of H-pyrrole nitrogens is 1. The molecule has 3 heterocycles. The van der Waals surface area contributed by atoms with Gasteiger partial charge in [-0.15, -0.1) is 0 Å². The number of para-hydroxylation sites is 1. The molecule has 8 nitrogen and oxygen atoms in total. The molecule has 1 atom stereocenters. The van der Waals surface area contributed by atoms with Crippen molar-refractivity contribution in [2.24, 2.45) is 0 Å². The highest BCUT2D eigenvalue weighted by Crippen LogP contribution is 2.45. The number of benzene rings is 2. The first kappa shape index (κ1) is 19.0. The molecule has 2 N–H and O–H groups in total. The average molecular weight is 415 g/mol. The van der Waals surface area contributed by atoms with Gasteiger partial charge in [-0.25, -0.2) is 4.98 Å². The van der Waals surface area contributed by atoms with Gasteiger partial charge in [-0.2, -0.15) is 0 Å². The molecule has 0 fully saturated rings. The van der Waals surface area contributed by atoms with Gasteiger partial charge in [0.05, 0.1) is 17.6 Å². The van der Waals surface area contributed by atoms with Crippen LogP contribution in [0.15, 0.2) is 61.1 Å². The number of rotatable bonds is 6. The van der Waals surface area contributed by atoms with Gasteiger partial charge in [0.15, 0.2) is 0 Å². The normalized spacial score (nSPS) is 16.7. The summed E-state index contributed by atoms with van der Waals surface area (Å²) in [5.74, 6) is -0.448. The first-order valence-electron chi connectivity index (χ1n) is 10.2. The van der Waals surface area contributed by atoms with Crippen LogP contribution in [-0.2, 0) is 11.2 Å². The van der Waals surface area contributed by atoms with E-state index in [0.29, 0.717) is 29.8 Å². The molecule has 2 aliphatic heterocycles. The smallest absolute Gasteiger partial charge is 0.260 e. The van der Waals surface area contributed by atoms with Crippen LogP contribution >= 0.6 is 0 Å². The van der Waals surface area contributed by atoms with Crippen LogP contribution in [0, 0.1) is 0 Å². The number of carbonyl (C=O) groups is 3. The molecule has 0 radical (unpaired) electrons. The Hall–Kier alpha value is -3.94. The van der Waals surface area contributed by atoms with Gasteiger partial charge < -0.3 is 15.2 Å². The van der Waals surface area contributed by atoms with Crippen molar-refractivity contribution < 1.29 is 14.4 Å². The first-order chi connectivity index (χ1) is 15.1. The molecular weight excluding hydrogens is 394 g/mol. The summed E-state index contributed by atoms with van der Waals surface area (Å²) in [5.41, 5.74) is 3.40. The van der Waals surface area contributed by atoms with Gasteiger partial charge >= 0.3 is 0 Å². The largest absolute Gasteiger partial charge is 0.356 e. The van der Waals surface area contributed by atoms with E-state index < -0.39 is 6.17 Å². The molecule has 156 valence electrons. The van der Waals surface area contributed by atoms with E-state index >= 15 is 0 Å². The van der Waals surface area contributed by atoms with E-state index in [4.69, 9.17) is 0 Å². The van der Waals surface area contributed by atoms with Gasteiger partial charge in [0.2, 0.25) is 5.91 Å². The number of aromatic amines is 1. The van der Waals surface area contributed by atoms with E-state index in [9.17, 15) is 14.4 Å². The van der Waals surface area contributed by atoms with Crippen molar-refractivity contribution in [3.05, 3.63) is 83.4 Å². The maximum atomic E-state index is 13.3. The van der Waals surface area contributed by atoms with Gasteiger partial charge in [0.1, 0.15) is 6.17 Å². The zero-order valence-electron chi connectivity index (χ0n) is 16.7. The van der Waals surface area contributed by atoms with Crippen LogP contribution in [0.4, 0.5) is 5.69 Å². The van der Waals surface area contributed by atoms with Crippen LogP contribution in [0.5, 0.6) is 0 Å². The lowest BCUT2D eigenvalue weighted by Gasteiger charge is -2.40. The maximum absolute atomic E-state index is 13.3. The Bertz CT molecular complexity index is 1160. The Morgan fingerprint density at radius 2 is 1.81 bits per heavy atom. The molecular formula is C23H21N5O3. The second-order valence-electron chi connectivity index (χ2n) is 7.58. The summed E-state index contributed by atoms with van der Waals surface area (Å²) in [7, 11) is 0. The van der Waals surface area contributed by atoms with E-state index in [1.165, 1.54) is 0 Å². The Balaban J connectivity index is 1.36. The summed E-state index contributed by atoms with van der Waals surface area (Å²) in [6.07, 6.45) is 3.59. The number of aromatic nitrogens is 2. The standard InChI is InChI=1S/C23H21N5O3/c29-20(25-11-9-15-13-24-14-26-15)10-12-27-21-16-5-1-2-6-17(16)23(31)28(21)19-8-4-3-7-18(19)22(27)30/h1-8,13-14,21H,9-12H2,(H,24,26)(H,25,29). The highest BCUT2D eigenvalue weighted by atomic mass is 16.2. The van der Waals surface area contributed by atoms with Crippen LogP contribution in [0.3, 0.4) is 0 Å². The molecule has 0 bridgehead atoms. The molecule has 0 saturated carbocycles. The van der Waals surface area contributed by atoms with E-state index in [1.807, 2.05) is 24.3 Å². The van der Waals surface area contributed by atoms with Crippen LogP contribution in [0.25, 0.3) is 0 Å². The van der Waals surface area contributed by atoms with Gasteiger partial charge in [0.25, 0.3) is 11.8 Å². The number of hydrogen-bond acceptors (Lipinski definition) is 4. The van der Waals surface area contributed by atoms with Crippen molar-refractivity contribution in [3.63, 3.8) is 0 Å². The summed E-state index contributed by atoms with van der Waals surface area (Å²) in [6.45, 7) is 0.695. The predicted molar refractivity (Wildman–Crippen MR) is 113 cm³/mol. The second-order valence-corrected chi connectivity index (χ2v) is 7.58. The van der Waals surface area contributed by atoms with Crippen LogP contribution in [0.1, 0.15) is 44.6 Å². The van der Waals surface area contributed by atoms with Gasteiger partial charge in [0, 0.05) is 48.9 Å². The summed E-state index contributed by atoms with van der Waals surface area (Å²) in [4.78, 5) is 49.1. The first-order valence-corrected chi connectivity index (χ1v) is 10.2. The highest BCUT2D eigenvalue weighted by molar-refractivity contribution is 6.16.